The number of fused-ring (bicyclic) bond motifs is 1. The molecule has 0 fully saturated rings. The Kier molecular flexibility index (Phi) is 5.46. The Labute approximate surface area is 123 Å². The molecule has 2 heterocycles. The highest BCUT2D eigenvalue weighted by Crippen LogP contribution is 2.35. The van der Waals surface area contributed by atoms with Crippen LogP contribution in [-0.2, 0) is 11.2 Å². The van der Waals surface area contributed by atoms with Crippen molar-refractivity contribution >= 4 is 29.4 Å². The predicted molar refractivity (Wildman–Crippen MR) is 82.4 cm³/mol. The number of amides is 1. The SMILES string of the molecule is CCNc1nc2c(c(NCCCC(=O)NC)n1)SCC2. The molecule has 1 aliphatic rings. The maximum atomic E-state index is 11.2. The summed E-state index contributed by atoms with van der Waals surface area (Å²) < 4.78 is 0. The normalized spacial score (nSPS) is 12.9. The molecule has 0 spiro atoms. The van der Waals surface area contributed by atoms with E-state index in [1.54, 1.807) is 18.8 Å². The molecule has 110 valence electrons. The van der Waals surface area contributed by atoms with Crippen molar-refractivity contribution in [3.63, 3.8) is 0 Å². The van der Waals surface area contributed by atoms with Crippen molar-refractivity contribution in [3.8, 4) is 0 Å². The number of thioether (sulfide) groups is 1. The molecule has 1 aromatic rings. The van der Waals surface area contributed by atoms with Crippen molar-refractivity contribution in [1.29, 1.82) is 0 Å². The van der Waals surface area contributed by atoms with E-state index in [2.05, 4.69) is 25.9 Å². The molecule has 2 rings (SSSR count). The molecular formula is C13H21N5OS. The van der Waals surface area contributed by atoms with E-state index in [1.807, 2.05) is 6.92 Å². The molecule has 0 bridgehead atoms. The Bertz CT molecular complexity index is 480. The molecule has 0 radical (unpaired) electrons. The highest BCUT2D eigenvalue weighted by atomic mass is 32.2. The third kappa shape index (κ3) is 3.75. The first-order chi connectivity index (χ1) is 9.74. The zero-order chi connectivity index (χ0) is 14.4. The van der Waals surface area contributed by atoms with Crippen LogP contribution in [0.1, 0.15) is 25.5 Å². The van der Waals surface area contributed by atoms with Gasteiger partial charge in [0.1, 0.15) is 5.82 Å². The van der Waals surface area contributed by atoms with Gasteiger partial charge in [-0.05, 0) is 13.3 Å². The molecule has 1 aromatic heterocycles. The van der Waals surface area contributed by atoms with Crippen LogP contribution in [0.3, 0.4) is 0 Å². The Morgan fingerprint density at radius 3 is 2.95 bits per heavy atom. The highest BCUT2D eigenvalue weighted by molar-refractivity contribution is 7.99. The molecular weight excluding hydrogens is 274 g/mol. The van der Waals surface area contributed by atoms with E-state index in [0.29, 0.717) is 12.4 Å². The van der Waals surface area contributed by atoms with Gasteiger partial charge in [0.25, 0.3) is 0 Å². The van der Waals surface area contributed by atoms with Gasteiger partial charge in [0, 0.05) is 38.7 Å². The third-order valence-corrected chi connectivity index (χ3v) is 4.13. The second-order valence-corrected chi connectivity index (χ2v) is 5.61. The van der Waals surface area contributed by atoms with E-state index < -0.39 is 0 Å². The Balaban J connectivity index is 1.97. The molecule has 0 atom stereocenters. The summed E-state index contributed by atoms with van der Waals surface area (Å²) in [7, 11) is 1.66. The number of hydrogen-bond donors (Lipinski definition) is 3. The maximum absolute atomic E-state index is 11.2. The number of carbonyl (C=O) groups excluding carboxylic acids is 1. The lowest BCUT2D eigenvalue weighted by Crippen LogP contribution is -2.18. The first-order valence-corrected chi connectivity index (χ1v) is 7.95. The summed E-state index contributed by atoms with van der Waals surface area (Å²) in [5.74, 6) is 2.71. The van der Waals surface area contributed by atoms with Gasteiger partial charge < -0.3 is 16.0 Å². The van der Waals surface area contributed by atoms with Crippen molar-refractivity contribution in [2.75, 3.05) is 36.5 Å². The van der Waals surface area contributed by atoms with E-state index >= 15 is 0 Å². The van der Waals surface area contributed by atoms with Crippen LogP contribution in [0.5, 0.6) is 0 Å². The maximum Gasteiger partial charge on any atom is 0.224 e. The van der Waals surface area contributed by atoms with Gasteiger partial charge in [-0.25, -0.2) is 4.98 Å². The molecule has 1 amide bonds. The fraction of sp³-hybridized carbons (Fsp3) is 0.615. The smallest absolute Gasteiger partial charge is 0.224 e. The quantitative estimate of drug-likeness (QED) is 0.662. The van der Waals surface area contributed by atoms with Crippen LogP contribution in [0.25, 0.3) is 0 Å². The minimum absolute atomic E-state index is 0.0717. The number of aromatic nitrogens is 2. The molecule has 0 unspecified atom stereocenters. The number of aryl methyl sites for hydroxylation is 1. The van der Waals surface area contributed by atoms with Crippen LogP contribution < -0.4 is 16.0 Å². The molecule has 1 aliphatic heterocycles. The zero-order valence-corrected chi connectivity index (χ0v) is 12.8. The summed E-state index contributed by atoms with van der Waals surface area (Å²) in [4.78, 5) is 21.4. The lowest BCUT2D eigenvalue weighted by molar-refractivity contribution is -0.120. The molecule has 7 heteroatoms. The van der Waals surface area contributed by atoms with Gasteiger partial charge >= 0.3 is 0 Å². The second kappa shape index (κ2) is 7.33. The summed E-state index contributed by atoms with van der Waals surface area (Å²) in [6, 6.07) is 0. The first kappa shape index (κ1) is 14.9. The number of nitrogens with zero attached hydrogens (tertiary/aromatic N) is 2. The number of anilines is 2. The van der Waals surface area contributed by atoms with Gasteiger partial charge in [-0.3, -0.25) is 4.79 Å². The minimum Gasteiger partial charge on any atom is -0.369 e. The molecule has 0 aromatic carbocycles. The summed E-state index contributed by atoms with van der Waals surface area (Å²) in [5, 5.41) is 9.12. The summed E-state index contributed by atoms with van der Waals surface area (Å²) in [6.45, 7) is 3.58. The van der Waals surface area contributed by atoms with Crippen LogP contribution in [0.4, 0.5) is 11.8 Å². The van der Waals surface area contributed by atoms with Gasteiger partial charge in [-0.1, -0.05) is 0 Å². The van der Waals surface area contributed by atoms with Crippen LogP contribution in [-0.4, -0.2) is 41.8 Å². The van der Waals surface area contributed by atoms with Crippen molar-refractivity contribution in [3.05, 3.63) is 5.69 Å². The predicted octanol–water partition coefficient (Wildman–Crippen LogP) is 1.49. The van der Waals surface area contributed by atoms with Crippen LogP contribution in [0.2, 0.25) is 0 Å². The summed E-state index contributed by atoms with van der Waals surface area (Å²) in [6.07, 6.45) is 2.32. The molecule has 3 N–H and O–H groups in total. The summed E-state index contributed by atoms with van der Waals surface area (Å²) >= 11 is 1.80. The van der Waals surface area contributed by atoms with Crippen LogP contribution in [0.15, 0.2) is 4.90 Å². The monoisotopic (exact) mass is 295 g/mol. The lowest BCUT2D eigenvalue weighted by atomic mass is 10.3. The van der Waals surface area contributed by atoms with Gasteiger partial charge in [0.15, 0.2) is 0 Å². The second-order valence-electron chi connectivity index (χ2n) is 4.50. The van der Waals surface area contributed by atoms with Gasteiger partial charge in [-0.2, -0.15) is 4.98 Å². The van der Waals surface area contributed by atoms with Crippen molar-refractivity contribution in [2.45, 2.75) is 31.1 Å². The van der Waals surface area contributed by atoms with Crippen molar-refractivity contribution < 1.29 is 4.79 Å². The average Bonchev–Trinajstić information content (AvgIpc) is 2.91. The molecule has 0 saturated heterocycles. The number of carbonyl (C=O) groups is 1. The fourth-order valence-electron chi connectivity index (χ4n) is 2.01. The number of nitrogens with one attached hydrogen (secondary N) is 3. The average molecular weight is 295 g/mol. The Hall–Kier alpha value is -1.50. The van der Waals surface area contributed by atoms with Gasteiger partial charge in [0.2, 0.25) is 11.9 Å². The lowest BCUT2D eigenvalue weighted by Gasteiger charge is -2.11. The first-order valence-electron chi connectivity index (χ1n) is 6.96. The van der Waals surface area contributed by atoms with Crippen LogP contribution >= 0.6 is 11.8 Å². The standard InChI is InChI=1S/C13H21N5OS/c1-3-15-13-17-9-6-8-20-11(9)12(18-13)16-7-4-5-10(19)14-2/h3-8H2,1-2H3,(H,14,19)(H2,15,16,17,18). The Morgan fingerprint density at radius 2 is 2.20 bits per heavy atom. The minimum atomic E-state index is 0.0717. The molecule has 20 heavy (non-hydrogen) atoms. The molecule has 0 saturated carbocycles. The largest absolute Gasteiger partial charge is 0.369 e. The van der Waals surface area contributed by atoms with E-state index in [1.165, 1.54) is 0 Å². The molecule has 6 nitrogen and oxygen atoms in total. The van der Waals surface area contributed by atoms with Gasteiger partial charge in [0.05, 0.1) is 10.6 Å². The van der Waals surface area contributed by atoms with E-state index in [4.69, 9.17) is 0 Å². The number of rotatable bonds is 7. The molecule has 0 aliphatic carbocycles. The zero-order valence-electron chi connectivity index (χ0n) is 12.0. The fourth-order valence-corrected chi connectivity index (χ4v) is 3.07. The topological polar surface area (TPSA) is 78.9 Å². The van der Waals surface area contributed by atoms with E-state index in [-0.39, 0.29) is 5.91 Å². The van der Waals surface area contributed by atoms with E-state index in [0.717, 1.165) is 48.1 Å². The van der Waals surface area contributed by atoms with E-state index in [9.17, 15) is 4.79 Å². The van der Waals surface area contributed by atoms with Crippen molar-refractivity contribution in [1.82, 2.24) is 15.3 Å². The van der Waals surface area contributed by atoms with Crippen LogP contribution in [0, 0.1) is 0 Å². The van der Waals surface area contributed by atoms with Crippen molar-refractivity contribution in [2.24, 2.45) is 0 Å². The summed E-state index contributed by atoms with van der Waals surface area (Å²) in [5.41, 5.74) is 1.12. The highest BCUT2D eigenvalue weighted by Gasteiger charge is 2.19. The number of hydrogen-bond acceptors (Lipinski definition) is 6. The third-order valence-electron chi connectivity index (χ3n) is 3.01. The Morgan fingerprint density at radius 1 is 1.35 bits per heavy atom. The van der Waals surface area contributed by atoms with Gasteiger partial charge in [-0.15, -0.1) is 11.8 Å².